The normalized spacial score (nSPS) is 11.3. The van der Waals surface area contributed by atoms with Crippen LogP contribution in [0.4, 0.5) is 5.69 Å². The maximum absolute atomic E-state index is 12.2. The maximum atomic E-state index is 12.2. The third kappa shape index (κ3) is 5.35. The van der Waals surface area contributed by atoms with Crippen LogP contribution in [0.1, 0.15) is 36.7 Å². The molecule has 0 saturated heterocycles. The second kappa shape index (κ2) is 8.67. The first-order valence-electron chi connectivity index (χ1n) is 8.17. The van der Waals surface area contributed by atoms with E-state index in [2.05, 4.69) is 5.32 Å². The lowest BCUT2D eigenvalue weighted by molar-refractivity contribution is -0.123. The molecule has 0 bridgehead atoms. The predicted molar refractivity (Wildman–Crippen MR) is 96.9 cm³/mol. The molecule has 2 aromatic rings. The smallest absolute Gasteiger partial charge is 0.338 e. The summed E-state index contributed by atoms with van der Waals surface area (Å²) in [4.78, 5) is 24.3. The highest BCUT2D eigenvalue weighted by Crippen LogP contribution is 2.15. The number of hydrogen-bond acceptors (Lipinski definition) is 5. The van der Waals surface area contributed by atoms with Crippen LogP contribution in [0, 0.1) is 11.3 Å². The van der Waals surface area contributed by atoms with Crippen molar-refractivity contribution < 1.29 is 19.1 Å². The van der Waals surface area contributed by atoms with E-state index in [1.54, 1.807) is 48.5 Å². The molecule has 0 heterocycles. The van der Waals surface area contributed by atoms with Gasteiger partial charge >= 0.3 is 5.97 Å². The fourth-order valence-corrected chi connectivity index (χ4v) is 2.13. The molecule has 6 heteroatoms. The van der Waals surface area contributed by atoms with Gasteiger partial charge in [0.15, 0.2) is 6.10 Å². The van der Waals surface area contributed by atoms with Gasteiger partial charge in [-0.15, -0.1) is 0 Å². The standard InChI is InChI=1S/C20H20N2O4/c1-13(2)25-18-9-7-16(8-10-18)20(24)26-14(3)19(23)22-17-6-4-5-15(11-17)12-21/h4-11,13-14H,1-3H3,(H,22,23)/t14-/m0/s1. The summed E-state index contributed by atoms with van der Waals surface area (Å²) in [5.41, 5.74) is 1.22. The fraction of sp³-hybridized carbons (Fsp3) is 0.250. The number of hydrogen-bond donors (Lipinski definition) is 1. The van der Waals surface area contributed by atoms with Gasteiger partial charge in [-0.25, -0.2) is 4.79 Å². The second-order valence-corrected chi connectivity index (χ2v) is 5.92. The van der Waals surface area contributed by atoms with E-state index < -0.39 is 18.0 Å². The van der Waals surface area contributed by atoms with Crippen molar-refractivity contribution in [1.29, 1.82) is 5.26 Å². The molecule has 0 spiro atoms. The molecule has 0 aliphatic carbocycles. The predicted octanol–water partition coefficient (Wildman–Crippen LogP) is 3.53. The Hall–Kier alpha value is -3.33. The number of nitrogens with one attached hydrogen (secondary N) is 1. The van der Waals surface area contributed by atoms with Crippen LogP contribution >= 0.6 is 0 Å². The molecule has 134 valence electrons. The lowest BCUT2D eigenvalue weighted by Crippen LogP contribution is -2.30. The zero-order valence-electron chi connectivity index (χ0n) is 14.9. The van der Waals surface area contributed by atoms with Crippen molar-refractivity contribution in [2.45, 2.75) is 33.0 Å². The fourth-order valence-electron chi connectivity index (χ4n) is 2.13. The highest BCUT2D eigenvalue weighted by atomic mass is 16.5. The first-order valence-corrected chi connectivity index (χ1v) is 8.17. The summed E-state index contributed by atoms with van der Waals surface area (Å²) < 4.78 is 10.7. The van der Waals surface area contributed by atoms with Gasteiger partial charge in [0.1, 0.15) is 5.75 Å². The van der Waals surface area contributed by atoms with Crippen molar-refractivity contribution in [3.05, 3.63) is 59.7 Å². The van der Waals surface area contributed by atoms with Gasteiger partial charge in [-0.2, -0.15) is 5.26 Å². The van der Waals surface area contributed by atoms with E-state index >= 15 is 0 Å². The molecule has 1 N–H and O–H groups in total. The Morgan fingerprint density at radius 2 is 1.77 bits per heavy atom. The molecule has 0 aromatic heterocycles. The number of carbonyl (C=O) groups is 2. The van der Waals surface area contributed by atoms with E-state index in [-0.39, 0.29) is 6.10 Å². The monoisotopic (exact) mass is 352 g/mol. The van der Waals surface area contributed by atoms with Gasteiger partial charge in [0.25, 0.3) is 5.91 Å². The topological polar surface area (TPSA) is 88.4 Å². The van der Waals surface area contributed by atoms with Crippen LogP contribution in [0.25, 0.3) is 0 Å². The van der Waals surface area contributed by atoms with Crippen LogP contribution in [-0.4, -0.2) is 24.1 Å². The minimum atomic E-state index is -0.986. The van der Waals surface area contributed by atoms with E-state index in [1.807, 2.05) is 19.9 Å². The van der Waals surface area contributed by atoms with Gasteiger partial charge < -0.3 is 14.8 Å². The minimum absolute atomic E-state index is 0.0380. The van der Waals surface area contributed by atoms with E-state index in [9.17, 15) is 9.59 Å². The molecule has 2 aromatic carbocycles. The van der Waals surface area contributed by atoms with Crippen molar-refractivity contribution in [3.8, 4) is 11.8 Å². The number of nitriles is 1. The number of carbonyl (C=O) groups excluding carboxylic acids is 2. The van der Waals surface area contributed by atoms with E-state index in [4.69, 9.17) is 14.7 Å². The molecule has 6 nitrogen and oxygen atoms in total. The Morgan fingerprint density at radius 1 is 1.08 bits per heavy atom. The molecule has 1 amide bonds. The zero-order chi connectivity index (χ0) is 19.1. The first-order chi connectivity index (χ1) is 12.4. The van der Waals surface area contributed by atoms with E-state index in [1.165, 1.54) is 6.92 Å². The first kappa shape index (κ1) is 19.0. The Bertz CT molecular complexity index is 822. The van der Waals surface area contributed by atoms with Gasteiger partial charge in [-0.05, 0) is 63.2 Å². The van der Waals surface area contributed by atoms with Crippen LogP contribution in [0.15, 0.2) is 48.5 Å². The third-order valence-electron chi connectivity index (χ3n) is 3.37. The number of ether oxygens (including phenoxy) is 2. The van der Waals surface area contributed by atoms with Crippen LogP contribution in [0.5, 0.6) is 5.75 Å². The van der Waals surface area contributed by atoms with E-state index in [0.29, 0.717) is 22.6 Å². The van der Waals surface area contributed by atoms with Crippen LogP contribution in [0.2, 0.25) is 0 Å². The molecule has 0 aliphatic heterocycles. The molecule has 0 fully saturated rings. The molecule has 0 unspecified atom stereocenters. The molecule has 1 atom stereocenters. The summed E-state index contributed by atoms with van der Waals surface area (Å²) in [5.74, 6) is -0.428. The van der Waals surface area contributed by atoms with Gasteiger partial charge in [0.05, 0.1) is 23.3 Å². The lowest BCUT2D eigenvalue weighted by atomic mass is 10.2. The number of nitrogens with zero attached hydrogens (tertiary/aromatic N) is 1. The quantitative estimate of drug-likeness (QED) is 0.804. The number of rotatable bonds is 6. The average Bonchev–Trinajstić information content (AvgIpc) is 2.61. The van der Waals surface area contributed by atoms with Gasteiger partial charge in [0, 0.05) is 5.69 Å². The number of anilines is 1. The Balaban J connectivity index is 1.95. The number of esters is 1. The van der Waals surface area contributed by atoms with Crippen molar-refractivity contribution in [3.63, 3.8) is 0 Å². The lowest BCUT2D eigenvalue weighted by Gasteiger charge is -2.14. The van der Waals surface area contributed by atoms with Crippen LogP contribution < -0.4 is 10.1 Å². The summed E-state index contributed by atoms with van der Waals surface area (Å²) in [6.07, 6.45) is -0.948. The largest absolute Gasteiger partial charge is 0.491 e. The summed E-state index contributed by atoms with van der Waals surface area (Å²) in [5, 5.41) is 11.5. The zero-order valence-corrected chi connectivity index (χ0v) is 14.9. The summed E-state index contributed by atoms with van der Waals surface area (Å²) in [7, 11) is 0. The van der Waals surface area contributed by atoms with Crippen molar-refractivity contribution in [2.75, 3.05) is 5.32 Å². The van der Waals surface area contributed by atoms with Crippen molar-refractivity contribution >= 4 is 17.6 Å². The van der Waals surface area contributed by atoms with Crippen molar-refractivity contribution in [2.24, 2.45) is 0 Å². The van der Waals surface area contributed by atoms with E-state index in [0.717, 1.165) is 0 Å². The molecular formula is C20H20N2O4. The second-order valence-electron chi connectivity index (χ2n) is 5.92. The number of amides is 1. The highest BCUT2D eigenvalue weighted by molar-refractivity contribution is 5.97. The summed E-state index contributed by atoms with van der Waals surface area (Å²) in [6.45, 7) is 5.31. The van der Waals surface area contributed by atoms with Gasteiger partial charge in [0.2, 0.25) is 0 Å². The SMILES string of the molecule is CC(C)Oc1ccc(C(=O)O[C@@H](C)C(=O)Nc2cccc(C#N)c2)cc1. The van der Waals surface area contributed by atoms with Crippen LogP contribution in [0.3, 0.4) is 0 Å². The Labute approximate surface area is 152 Å². The molecule has 0 radical (unpaired) electrons. The summed E-state index contributed by atoms with van der Waals surface area (Å²) in [6, 6.07) is 15.0. The average molecular weight is 352 g/mol. The molecule has 0 saturated carbocycles. The Morgan fingerprint density at radius 3 is 2.38 bits per heavy atom. The third-order valence-corrected chi connectivity index (χ3v) is 3.37. The van der Waals surface area contributed by atoms with Crippen molar-refractivity contribution in [1.82, 2.24) is 0 Å². The molecule has 0 aliphatic rings. The summed E-state index contributed by atoms with van der Waals surface area (Å²) >= 11 is 0. The van der Waals surface area contributed by atoms with Crippen LogP contribution in [-0.2, 0) is 9.53 Å². The maximum Gasteiger partial charge on any atom is 0.338 e. The van der Waals surface area contributed by atoms with Gasteiger partial charge in [-0.1, -0.05) is 6.07 Å². The highest BCUT2D eigenvalue weighted by Gasteiger charge is 2.19. The molecule has 26 heavy (non-hydrogen) atoms. The van der Waals surface area contributed by atoms with Gasteiger partial charge in [-0.3, -0.25) is 4.79 Å². The molecule has 2 rings (SSSR count). The molecular weight excluding hydrogens is 332 g/mol. The number of benzene rings is 2. The Kier molecular flexibility index (Phi) is 6.34. The minimum Gasteiger partial charge on any atom is -0.491 e.